The van der Waals surface area contributed by atoms with Crippen LogP contribution in [-0.2, 0) is 15.8 Å². The molecule has 3 heteroatoms. The van der Waals surface area contributed by atoms with Crippen LogP contribution in [0.5, 0.6) is 0 Å². The topological polar surface area (TPSA) is 18.5 Å². The van der Waals surface area contributed by atoms with Gasteiger partial charge in [-0.1, -0.05) is 36.9 Å². The molecule has 1 rings (SSSR count). The van der Waals surface area contributed by atoms with Crippen molar-refractivity contribution in [1.29, 1.82) is 0 Å². The average molecular weight is 236 g/mol. The van der Waals surface area contributed by atoms with Crippen molar-refractivity contribution in [3.8, 4) is 0 Å². The Bertz CT molecular complexity index is 295. The summed E-state index contributed by atoms with van der Waals surface area (Å²) < 4.78 is 10.7. The van der Waals surface area contributed by atoms with Crippen LogP contribution in [-0.4, -0.2) is 23.5 Å². The van der Waals surface area contributed by atoms with Crippen molar-refractivity contribution in [2.75, 3.05) is 13.7 Å². The summed E-state index contributed by atoms with van der Waals surface area (Å²) in [6.07, 6.45) is 2.97. The van der Waals surface area contributed by atoms with E-state index in [0.717, 1.165) is 25.2 Å². The highest BCUT2D eigenvalue weighted by molar-refractivity contribution is 6.26. The van der Waals surface area contributed by atoms with Crippen LogP contribution in [0.15, 0.2) is 30.8 Å². The molecule has 0 bridgehead atoms. The second kappa shape index (κ2) is 8.27. The maximum Gasteiger partial charge on any atom is 0.162 e. The molecular weight excluding hydrogens is 216 g/mol. The minimum absolute atomic E-state index is 0.368. The maximum atomic E-state index is 5.70. The lowest BCUT2D eigenvalue weighted by Crippen LogP contribution is -2.00. The number of benzene rings is 1. The lowest BCUT2D eigenvalue weighted by Gasteiger charge is -2.04. The van der Waals surface area contributed by atoms with E-state index < -0.39 is 0 Å². The fourth-order valence-corrected chi connectivity index (χ4v) is 2.38. The number of ether oxygens (including phenoxy) is 1. The molecule has 16 heavy (non-hydrogen) atoms. The largest absolute Gasteiger partial charge is 0.420 e. The molecule has 0 fully saturated rings. The normalized spacial score (nSPS) is 11.1. The number of methoxy groups -OCH3 is 1. The summed E-state index contributed by atoms with van der Waals surface area (Å²) in [5.74, 6) is 0. The monoisotopic (exact) mass is 236 g/mol. The quantitative estimate of drug-likeness (QED) is 0.510. The lowest BCUT2D eigenvalue weighted by molar-refractivity contribution is 0.197. The van der Waals surface area contributed by atoms with Gasteiger partial charge in [-0.05, 0) is 23.6 Å². The van der Waals surface area contributed by atoms with Crippen LogP contribution in [0.3, 0.4) is 0 Å². The van der Waals surface area contributed by atoms with Crippen LogP contribution >= 0.6 is 0 Å². The third-order valence-corrected chi connectivity index (χ3v) is 3.65. The van der Waals surface area contributed by atoms with Gasteiger partial charge in [-0.15, -0.1) is 0 Å². The Labute approximate surface area is 100 Å². The SMILES string of the molecule is C=Cc1ccc(CO[SiH2]CCCOC)cc1. The van der Waals surface area contributed by atoms with Crippen molar-refractivity contribution < 1.29 is 9.16 Å². The molecule has 1 aromatic carbocycles. The second-order valence-corrected chi connectivity index (χ2v) is 5.22. The third kappa shape index (κ3) is 5.26. The predicted octanol–water partition coefficient (Wildman–Crippen LogP) is 2.38. The van der Waals surface area contributed by atoms with Crippen LogP contribution < -0.4 is 0 Å². The van der Waals surface area contributed by atoms with Crippen molar-refractivity contribution in [2.24, 2.45) is 0 Å². The summed E-state index contributed by atoms with van der Waals surface area (Å²) in [7, 11) is 1.37. The summed E-state index contributed by atoms with van der Waals surface area (Å²) >= 11 is 0. The van der Waals surface area contributed by atoms with Crippen molar-refractivity contribution in [3.63, 3.8) is 0 Å². The maximum absolute atomic E-state index is 5.70. The van der Waals surface area contributed by atoms with E-state index in [9.17, 15) is 0 Å². The summed E-state index contributed by atoms with van der Waals surface area (Å²) in [5.41, 5.74) is 2.39. The van der Waals surface area contributed by atoms with E-state index in [4.69, 9.17) is 9.16 Å². The van der Waals surface area contributed by atoms with Crippen molar-refractivity contribution in [2.45, 2.75) is 19.1 Å². The first-order valence-corrected chi connectivity index (χ1v) is 7.22. The molecule has 0 saturated heterocycles. The highest BCUT2D eigenvalue weighted by Gasteiger charge is 1.94. The van der Waals surface area contributed by atoms with Gasteiger partial charge < -0.3 is 9.16 Å². The zero-order chi connectivity index (χ0) is 11.6. The summed E-state index contributed by atoms with van der Waals surface area (Å²) in [4.78, 5) is 0. The first-order chi connectivity index (χ1) is 7.86. The smallest absolute Gasteiger partial charge is 0.162 e. The van der Waals surface area contributed by atoms with E-state index in [-0.39, 0.29) is 9.76 Å². The minimum atomic E-state index is -0.368. The van der Waals surface area contributed by atoms with Crippen LogP contribution in [0.1, 0.15) is 17.5 Å². The van der Waals surface area contributed by atoms with E-state index in [0.29, 0.717) is 0 Å². The van der Waals surface area contributed by atoms with Gasteiger partial charge in [0.25, 0.3) is 0 Å². The molecule has 0 saturated carbocycles. The van der Waals surface area contributed by atoms with E-state index in [1.54, 1.807) is 7.11 Å². The minimum Gasteiger partial charge on any atom is -0.420 e. The number of hydrogen-bond donors (Lipinski definition) is 0. The molecule has 0 heterocycles. The number of hydrogen-bond acceptors (Lipinski definition) is 2. The fraction of sp³-hybridized carbons (Fsp3) is 0.385. The number of rotatable bonds is 8. The van der Waals surface area contributed by atoms with Gasteiger partial charge in [-0.2, -0.15) is 0 Å². The predicted molar refractivity (Wildman–Crippen MR) is 71.2 cm³/mol. The zero-order valence-electron chi connectivity index (χ0n) is 9.95. The van der Waals surface area contributed by atoms with Gasteiger partial charge in [0, 0.05) is 13.7 Å². The Morgan fingerprint density at radius 1 is 1.31 bits per heavy atom. The molecule has 0 atom stereocenters. The van der Waals surface area contributed by atoms with Crippen LogP contribution in [0, 0.1) is 0 Å². The van der Waals surface area contributed by atoms with Crippen molar-refractivity contribution in [3.05, 3.63) is 42.0 Å². The van der Waals surface area contributed by atoms with E-state index in [2.05, 4.69) is 30.8 Å². The van der Waals surface area contributed by atoms with Gasteiger partial charge in [-0.3, -0.25) is 0 Å². The molecule has 0 spiro atoms. The van der Waals surface area contributed by atoms with Gasteiger partial charge >= 0.3 is 0 Å². The molecule has 0 aliphatic heterocycles. The average Bonchev–Trinajstić information content (AvgIpc) is 2.34. The van der Waals surface area contributed by atoms with Gasteiger partial charge in [0.2, 0.25) is 0 Å². The Morgan fingerprint density at radius 3 is 2.69 bits per heavy atom. The molecule has 1 aromatic rings. The zero-order valence-corrected chi connectivity index (χ0v) is 11.4. The molecule has 0 aliphatic rings. The fourth-order valence-electron chi connectivity index (χ4n) is 1.39. The second-order valence-electron chi connectivity index (χ2n) is 3.70. The van der Waals surface area contributed by atoms with Gasteiger partial charge in [-0.25, -0.2) is 0 Å². The Morgan fingerprint density at radius 2 is 2.06 bits per heavy atom. The first-order valence-electron chi connectivity index (χ1n) is 5.65. The van der Waals surface area contributed by atoms with Gasteiger partial charge in [0.1, 0.15) is 0 Å². The summed E-state index contributed by atoms with van der Waals surface area (Å²) in [5, 5.41) is 0. The Kier molecular flexibility index (Phi) is 6.81. The standard InChI is InChI=1S/C13H20O2Si/c1-3-12-5-7-13(8-6-12)11-15-16-10-4-9-14-2/h3,5-8H,1,4,9-11,16H2,2H3. The van der Waals surface area contributed by atoms with Crippen LogP contribution in [0.4, 0.5) is 0 Å². The van der Waals surface area contributed by atoms with Crippen molar-refractivity contribution in [1.82, 2.24) is 0 Å². The highest BCUT2D eigenvalue weighted by Crippen LogP contribution is 2.06. The first kappa shape index (κ1) is 13.2. The summed E-state index contributed by atoms with van der Waals surface area (Å²) in [6, 6.07) is 9.52. The summed E-state index contributed by atoms with van der Waals surface area (Å²) in [6.45, 7) is 5.33. The molecule has 0 aliphatic carbocycles. The van der Waals surface area contributed by atoms with E-state index in [1.165, 1.54) is 11.6 Å². The van der Waals surface area contributed by atoms with Crippen molar-refractivity contribution >= 4 is 15.8 Å². The van der Waals surface area contributed by atoms with Gasteiger partial charge in [0.05, 0.1) is 6.61 Å². The molecule has 0 N–H and O–H groups in total. The Hall–Kier alpha value is -0.903. The lowest BCUT2D eigenvalue weighted by atomic mass is 10.1. The highest BCUT2D eigenvalue weighted by atomic mass is 28.2. The third-order valence-electron chi connectivity index (χ3n) is 2.37. The molecule has 2 nitrogen and oxygen atoms in total. The van der Waals surface area contributed by atoms with E-state index >= 15 is 0 Å². The van der Waals surface area contributed by atoms with Crippen LogP contribution in [0.25, 0.3) is 6.08 Å². The van der Waals surface area contributed by atoms with Gasteiger partial charge in [0.15, 0.2) is 9.76 Å². The van der Waals surface area contributed by atoms with E-state index in [1.807, 2.05) is 6.08 Å². The molecule has 88 valence electrons. The molecule has 0 amide bonds. The molecule has 0 aromatic heterocycles. The van der Waals surface area contributed by atoms with Crippen LogP contribution in [0.2, 0.25) is 6.04 Å². The molecule has 0 unspecified atom stereocenters. The molecular formula is C13H20O2Si. The Balaban J connectivity index is 2.14. The molecule has 0 radical (unpaired) electrons.